The summed E-state index contributed by atoms with van der Waals surface area (Å²) in [5.74, 6) is 0.544. The molecular weight excluding hydrogens is 244 g/mol. The largest absolute Gasteiger partial charge is 0.357 e. The summed E-state index contributed by atoms with van der Waals surface area (Å²) in [6, 6.07) is 5.69. The fourth-order valence-electron chi connectivity index (χ4n) is 1.05. The van der Waals surface area contributed by atoms with Crippen LogP contribution < -0.4 is 5.32 Å². The molecule has 1 N–H and O–H groups in total. The number of hydrogen-bond acceptors (Lipinski definition) is 5. The van der Waals surface area contributed by atoms with E-state index in [0.29, 0.717) is 16.0 Å². The Labute approximate surface area is 102 Å². The van der Waals surface area contributed by atoms with Gasteiger partial charge >= 0.3 is 0 Å². The molecule has 2 aromatic rings. The van der Waals surface area contributed by atoms with Crippen molar-refractivity contribution in [3.8, 4) is 0 Å². The van der Waals surface area contributed by atoms with Crippen molar-refractivity contribution in [3.63, 3.8) is 0 Å². The topological polar surface area (TPSA) is 50.7 Å². The Morgan fingerprint density at radius 3 is 2.88 bits per heavy atom. The van der Waals surface area contributed by atoms with Gasteiger partial charge in [0, 0.05) is 13.2 Å². The van der Waals surface area contributed by atoms with Gasteiger partial charge in [-0.1, -0.05) is 17.7 Å². The molecule has 4 nitrogen and oxygen atoms in total. The zero-order valence-electron chi connectivity index (χ0n) is 8.51. The van der Waals surface area contributed by atoms with E-state index in [-0.39, 0.29) is 0 Å². The van der Waals surface area contributed by atoms with E-state index >= 15 is 0 Å². The van der Waals surface area contributed by atoms with Crippen molar-refractivity contribution < 1.29 is 0 Å². The lowest BCUT2D eigenvalue weighted by Gasteiger charge is -2.04. The summed E-state index contributed by atoms with van der Waals surface area (Å²) in [6.45, 7) is 0. The smallest absolute Gasteiger partial charge is 0.223 e. The summed E-state index contributed by atoms with van der Waals surface area (Å²) >= 11 is 7.41. The van der Waals surface area contributed by atoms with Crippen molar-refractivity contribution in [2.24, 2.45) is 0 Å². The number of nitrogens with zero attached hydrogens (tertiary/aromatic N) is 3. The molecule has 0 radical (unpaired) electrons. The van der Waals surface area contributed by atoms with Crippen LogP contribution in [0.5, 0.6) is 0 Å². The minimum atomic E-state index is 0.523. The summed E-state index contributed by atoms with van der Waals surface area (Å²) in [5, 5.41) is 4.93. The van der Waals surface area contributed by atoms with Crippen LogP contribution in [0.4, 0.5) is 5.95 Å². The maximum Gasteiger partial charge on any atom is 0.223 e. The van der Waals surface area contributed by atoms with Crippen LogP contribution in [-0.4, -0.2) is 22.0 Å². The Kier molecular flexibility index (Phi) is 3.58. The van der Waals surface area contributed by atoms with Gasteiger partial charge < -0.3 is 5.32 Å². The molecule has 0 fully saturated rings. The van der Waals surface area contributed by atoms with E-state index in [1.54, 1.807) is 19.4 Å². The monoisotopic (exact) mass is 252 g/mol. The standard InChI is InChI=1S/C10H9ClN4S/c1-12-10-14-6-7(11)9(15-10)16-8-4-2-3-5-13-8/h2-6H,1H3,(H,12,14,15). The lowest BCUT2D eigenvalue weighted by molar-refractivity contribution is 1.04. The van der Waals surface area contributed by atoms with Gasteiger partial charge in [-0.3, -0.25) is 0 Å². The predicted octanol–water partition coefficient (Wildman–Crippen LogP) is 2.72. The zero-order chi connectivity index (χ0) is 11.4. The van der Waals surface area contributed by atoms with E-state index < -0.39 is 0 Å². The van der Waals surface area contributed by atoms with Crippen LogP contribution in [0, 0.1) is 0 Å². The van der Waals surface area contributed by atoms with E-state index in [2.05, 4.69) is 20.3 Å². The predicted molar refractivity (Wildman–Crippen MR) is 64.9 cm³/mol. The molecule has 0 aromatic carbocycles. The first-order valence-electron chi connectivity index (χ1n) is 4.59. The van der Waals surface area contributed by atoms with E-state index in [4.69, 9.17) is 11.6 Å². The van der Waals surface area contributed by atoms with E-state index in [0.717, 1.165) is 5.03 Å². The molecular formula is C10H9ClN4S. The van der Waals surface area contributed by atoms with Crippen LogP contribution in [0.2, 0.25) is 5.02 Å². The molecule has 0 aliphatic carbocycles. The number of aromatic nitrogens is 3. The minimum Gasteiger partial charge on any atom is -0.357 e. The molecule has 2 rings (SSSR count). The second-order valence-corrected chi connectivity index (χ2v) is 4.28. The SMILES string of the molecule is CNc1ncc(Cl)c(Sc2ccccn2)n1. The van der Waals surface area contributed by atoms with Gasteiger partial charge in [-0.05, 0) is 23.9 Å². The van der Waals surface area contributed by atoms with E-state index in [1.807, 2.05) is 18.2 Å². The number of nitrogens with one attached hydrogen (secondary N) is 1. The summed E-state index contributed by atoms with van der Waals surface area (Å²) < 4.78 is 0. The van der Waals surface area contributed by atoms with Gasteiger partial charge in [-0.15, -0.1) is 0 Å². The van der Waals surface area contributed by atoms with Crippen molar-refractivity contribution in [3.05, 3.63) is 35.6 Å². The van der Waals surface area contributed by atoms with Gasteiger partial charge in [0.1, 0.15) is 10.1 Å². The molecule has 0 unspecified atom stereocenters. The van der Waals surface area contributed by atoms with E-state index in [9.17, 15) is 0 Å². The highest BCUT2D eigenvalue weighted by Crippen LogP contribution is 2.30. The molecule has 0 aliphatic rings. The van der Waals surface area contributed by atoms with Crippen LogP contribution in [0.1, 0.15) is 0 Å². The third-order valence-electron chi connectivity index (χ3n) is 1.77. The molecule has 0 atom stereocenters. The zero-order valence-corrected chi connectivity index (χ0v) is 10.1. The third kappa shape index (κ3) is 2.62. The third-order valence-corrected chi connectivity index (χ3v) is 3.12. The molecule has 82 valence electrons. The van der Waals surface area contributed by atoms with Crippen molar-refractivity contribution in [2.75, 3.05) is 12.4 Å². The number of hydrogen-bond donors (Lipinski definition) is 1. The Morgan fingerprint density at radius 2 is 2.19 bits per heavy atom. The second kappa shape index (κ2) is 5.14. The fourth-order valence-corrected chi connectivity index (χ4v) is 2.00. The molecule has 0 bridgehead atoms. The normalized spacial score (nSPS) is 10.1. The summed E-state index contributed by atoms with van der Waals surface area (Å²) in [7, 11) is 1.76. The van der Waals surface area contributed by atoms with Crippen LogP contribution in [0.15, 0.2) is 40.6 Å². The Bertz CT molecular complexity index is 478. The van der Waals surface area contributed by atoms with Crippen molar-refractivity contribution in [1.29, 1.82) is 0 Å². The first-order chi connectivity index (χ1) is 7.79. The fraction of sp³-hybridized carbons (Fsp3) is 0.100. The first kappa shape index (κ1) is 11.2. The quantitative estimate of drug-likeness (QED) is 0.852. The van der Waals surface area contributed by atoms with Gasteiger partial charge in [0.15, 0.2) is 0 Å². The van der Waals surface area contributed by atoms with Gasteiger partial charge in [0.05, 0.1) is 11.2 Å². The lowest BCUT2D eigenvalue weighted by Crippen LogP contribution is -1.97. The average molecular weight is 253 g/mol. The van der Waals surface area contributed by atoms with Crippen LogP contribution in [-0.2, 0) is 0 Å². The summed E-state index contributed by atoms with van der Waals surface area (Å²) in [6.07, 6.45) is 3.31. The van der Waals surface area contributed by atoms with E-state index in [1.165, 1.54) is 11.8 Å². The maximum absolute atomic E-state index is 6.00. The Balaban J connectivity index is 2.27. The minimum absolute atomic E-state index is 0.523. The first-order valence-corrected chi connectivity index (χ1v) is 5.78. The molecule has 16 heavy (non-hydrogen) atoms. The highest BCUT2D eigenvalue weighted by Gasteiger charge is 2.07. The van der Waals surface area contributed by atoms with Crippen LogP contribution in [0.25, 0.3) is 0 Å². The van der Waals surface area contributed by atoms with Gasteiger partial charge in [-0.25, -0.2) is 15.0 Å². The Morgan fingerprint density at radius 1 is 1.31 bits per heavy atom. The molecule has 6 heteroatoms. The Hall–Kier alpha value is -1.33. The highest BCUT2D eigenvalue weighted by atomic mass is 35.5. The second-order valence-electron chi connectivity index (χ2n) is 2.87. The average Bonchev–Trinajstić information content (AvgIpc) is 2.33. The molecule has 0 amide bonds. The molecule has 0 saturated carbocycles. The van der Waals surface area contributed by atoms with Crippen molar-refractivity contribution >= 4 is 29.3 Å². The van der Waals surface area contributed by atoms with Gasteiger partial charge in [0.2, 0.25) is 5.95 Å². The van der Waals surface area contributed by atoms with Crippen molar-refractivity contribution in [2.45, 2.75) is 10.1 Å². The summed E-state index contributed by atoms with van der Waals surface area (Å²) in [5.41, 5.74) is 0. The molecule has 0 aliphatic heterocycles. The number of rotatable bonds is 3. The highest BCUT2D eigenvalue weighted by molar-refractivity contribution is 7.99. The lowest BCUT2D eigenvalue weighted by atomic mass is 10.5. The van der Waals surface area contributed by atoms with Crippen molar-refractivity contribution in [1.82, 2.24) is 15.0 Å². The molecule has 0 saturated heterocycles. The molecule has 2 aromatic heterocycles. The van der Waals surface area contributed by atoms with Crippen LogP contribution >= 0.6 is 23.4 Å². The number of anilines is 1. The summed E-state index contributed by atoms with van der Waals surface area (Å²) in [4.78, 5) is 12.5. The van der Waals surface area contributed by atoms with Gasteiger partial charge in [-0.2, -0.15) is 0 Å². The van der Waals surface area contributed by atoms with Gasteiger partial charge in [0.25, 0.3) is 0 Å². The maximum atomic E-state index is 6.00. The number of pyridine rings is 1. The van der Waals surface area contributed by atoms with Crippen LogP contribution in [0.3, 0.4) is 0 Å². The molecule has 0 spiro atoms. The molecule has 2 heterocycles. The number of halogens is 1.